The molecule has 1 aromatic heterocycles. The lowest BCUT2D eigenvalue weighted by Crippen LogP contribution is -2.44. The lowest BCUT2D eigenvalue weighted by Gasteiger charge is -2.27. The molecule has 0 radical (unpaired) electrons. The molecule has 0 atom stereocenters. The van der Waals surface area contributed by atoms with Gasteiger partial charge in [-0.15, -0.1) is 13.2 Å². The number of nitrogens with one attached hydrogen (secondary N) is 2. The van der Waals surface area contributed by atoms with Crippen LogP contribution in [0.1, 0.15) is 17.7 Å². The molecule has 1 fully saturated rings. The van der Waals surface area contributed by atoms with E-state index in [1.54, 1.807) is 6.07 Å². The Kier molecular flexibility index (Phi) is 6.64. The summed E-state index contributed by atoms with van der Waals surface area (Å²) in [6, 6.07) is 11.0. The Morgan fingerprint density at radius 2 is 1.85 bits per heavy atom. The van der Waals surface area contributed by atoms with Crippen LogP contribution in [0.5, 0.6) is 5.75 Å². The van der Waals surface area contributed by atoms with E-state index in [4.69, 9.17) is 0 Å². The Balaban J connectivity index is 1.37. The van der Waals surface area contributed by atoms with E-state index in [1.807, 2.05) is 19.1 Å². The zero-order valence-electron chi connectivity index (χ0n) is 18.1. The fourth-order valence-electron chi connectivity index (χ4n) is 3.69. The molecular formula is C23H24F3N5O2. The molecule has 1 aliphatic rings. The number of rotatable bonds is 6. The molecule has 1 amide bonds. The highest BCUT2D eigenvalue weighted by molar-refractivity contribution is 5.94. The highest BCUT2D eigenvalue weighted by atomic mass is 19.4. The summed E-state index contributed by atoms with van der Waals surface area (Å²) < 4.78 is 40.6. The van der Waals surface area contributed by atoms with E-state index in [9.17, 15) is 18.0 Å². The molecule has 0 spiro atoms. The second-order valence-electron chi connectivity index (χ2n) is 7.82. The van der Waals surface area contributed by atoms with Crippen molar-refractivity contribution in [3.05, 3.63) is 53.7 Å². The number of fused-ring (bicyclic) bond motifs is 1. The summed E-state index contributed by atoms with van der Waals surface area (Å²) >= 11 is 0. The normalized spacial score (nSPS) is 14.4. The fraction of sp³-hybridized carbons (Fsp3) is 0.348. The van der Waals surface area contributed by atoms with E-state index in [1.165, 1.54) is 24.3 Å². The third-order valence-corrected chi connectivity index (χ3v) is 5.36. The molecule has 4 rings (SSSR count). The van der Waals surface area contributed by atoms with Gasteiger partial charge < -0.3 is 20.3 Å². The number of hydrogen-bond acceptors (Lipinski definition) is 6. The first-order valence-electron chi connectivity index (χ1n) is 10.7. The zero-order chi connectivity index (χ0) is 23.4. The molecule has 10 heteroatoms. The highest BCUT2D eigenvalue weighted by Crippen LogP contribution is 2.24. The molecule has 0 bridgehead atoms. The molecule has 2 aromatic carbocycles. The number of piperazine rings is 1. The van der Waals surface area contributed by atoms with Crippen molar-refractivity contribution in [2.24, 2.45) is 0 Å². The monoisotopic (exact) mass is 459 g/mol. The van der Waals surface area contributed by atoms with Crippen LogP contribution in [0, 0.1) is 6.92 Å². The van der Waals surface area contributed by atoms with Crippen LogP contribution in [0.15, 0.2) is 42.5 Å². The number of hydrogen-bond donors (Lipinski definition) is 2. The average Bonchev–Trinajstić information content (AvgIpc) is 2.78. The lowest BCUT2D eigenvalue weighted by atomic mass is 10.1. The van der Waals surface area contributed by atoms with Crippen molar-refractivity contribution in [1.82, 2.24) is 15.3 Å². The van der Waals surface area contributed by atoms with E-state index < -0.39 is 6.36 Å². The van der Waals surface area contributed by atoms with Gasteiger partial charge in [-0.3, -0.25) is 4.79 Å². The molecule has 33 heavy (non-hydrogen) atoms. The summed E-state index contributed by atoms with van der Waals surface area (Å²) in [6.45, 7) is 5.44. The van der Waals surface area contributed by atoms with Gasteiger partial charge in [0.25, 0.3) is 0 Å². The Bertz CT molecular complexity index is 1130. The minimum Gasteiger partial charge on any atom is -0.406 e. The highest BCUT2D eigenvalue weighted by Gasteiger charge is 2.30. The van der Waals surface area contributed by atoms with Crippen LogP contribution in [-0.4, -0.2) is 48.4 Å². The number of carbonyl (C=O) groups excluding carboxylic acids is 1. The smallest absolute Gasteiger partial charge is 0.406 e. The number of aryl methyl sites for hydroxylation is 2. The van der Waals surface area contributed by atoms with E-state index in [-0.39, 0.29) is 18.1 Å². The molecule has 2 heterocycles. The van der Waals surface area contributed by atoms with Crippen molar-refractivity contribution in [3.63, 3.8) is 0 Å². The average molecular weight is 459 g/mol. The summed E-state index contributed by atoms with van der Waals surface area (Å²) in [6.07, 6.45) is -4.14. The molecule has 0 saturated carbocycles. The van der Waals surface area contributed by atoms with Crippen LogP contribution in [-0.2, 0) is 11.2 Å². The first-order valence-corrected chi connectivity index (χ1v) is 10.7. The van der Waals surface area contributed by atoms with Gasteiger partial charge in [0.1, 0.15) is 5.75 Å². The Labute approximate surface area is 189 Å². The van der Waals surface area contributed by atoms with E-state index in [2.05, 4.69) is 30.2 Å². The second kappa shape index (κ2) is 9.62. The van der Waals surface area contributed by atoms with Gasteiger partial charge >= 0.3 is 6.36 Å². The number of alkyl halides is 3. The van der Waals surface area contributed by atoms with Crippen molar-refractivity contribution in [2.75, 3.05) is 36.4 Å². The van der Waals surface area contributed by atoms with Crippen molar-refractivity contribution in [3.8, 4) is 5.75 Å². The van der Waals surface area contributed by atoms with Crippen LogP contribution in [0.2, 0.25) is 0 Å². The summed E-state index contributed by atoms with van der Waals surface area (Å²) in [5.41, 5.74) is 3.03. The van der Waals surface area contributed by atoms with Crippen molar-refractivity contribution < 1.29 is 22.7 Å². The van der Waals surface area contributed by atoms with E-state index >= 15 is 0 Å². The molecular weight excluding hydrogens is 435 g/mol. The van der Waals surface area contributed by atoms with Gasteiger partial charge in [0.05, 0.1) is 11.2 Å². The number of aromatic nitrogens is 2. The van der Waals surface area contributed by atoms with E-state index in [0.717, 1.165) is 48.3 Å². The maximum absolute atomic E-state index is 12.4. The van der Waals surface area contributed by atoms with Gasteiger partial charge in [-0.1, -0.05) is 12.1 Å². The third-order valence-electron chi connectivity index (χ3n) is 5.36. The van der Waals surface area contributed by atoms with Crippen LogP contribution in [0.25, 0.3) is 10.9 Å². The molecule has 2 N–H and O–H groups in total. The Morgan fingerprint density at radius 1 is 1.12 bits per heavy atom. The standard InChI is InChI=1S/C23H24F3N5O2/c1-15-19-14-17(5-8-20(19)30-22(28-15)31-12-10-27-11-13-31)29-21(32)9-4-16-2-6-18(7-3-16)33-23(24,25)26/h2-3,5-8,14,27H,4,9-13H2,1H3,(H,29,32). The number of carbonyl (C=O) groups is 1. The summed E-state index contributed by atoms with van der Waals surface area (Å²) in [5, 5.41) is 7.04. The quantitative estimate of drug-likeness (QED) is 0.584. The molecule has 0 aliphatic carbocycles. The SMILES string of the molecule is Cc1nc(N2CCNCC2)nc2ccc(NC(=O)CCc3ccc(OC(F)(F)F)cc3)cc12. The first-order chi connectivity index (χ1) is 15.8. The fourth-order valence-corrected chi connectivity index (χ4v) is 3.69. The van der Waals surface area contributed by atoms with Crippen LogP contribution in [0.4, 0.5) is 24.8 Å². The number of nitrogens with zero attached hydrogens (tertiary/aromatic N) is 3. The number of amides is 1. The van der Waals surface area contributed by atoms with Gasteiger partial charge in [-0.25, -0.2) is 9.97 Å². The minimum absolute atomic E-state index is 0.189. The first kappa shape index (κ1) is 22.8. The number of anilines is 2. The number of halogens is 3. The van der Waals surface area contributed by atoms with Crippen molar-refractivity contribution >= 4 is 28.4 Å². The zero-order valence-corrected chi connectivity index (χ0v) is 18.1. The number of ether oxygens (including phenoxy) is 1. The van der Waals surface area contributed by atoms with Crippen LogP contribution < -0.4 is 20.3 Å². The van der Waals surface area contributed by atoms with E-state index in [0.29, 0.717) is 18.1 Å². The lowest BCUT2D eigenvalue weighted by molar-refractivity contribution is -0.274. The molecule has 174 valence electrons. The summed E-state index contributed by atoms with van der Waals surface area (Å²) in [5.74, 6) is 0.232. The maximum atomic E-state index is 12.4. The third kappa shape index (κ3) is 6.10. The topological polar surface area (TPSA) is 79.4 Å². The Morgan fingerprint density at radius 3 is 2.55 bits per heavy atom. The van der Waals surface area contributed by atoms with Gasteiger partial charge in [0, 0.05) is 43.7 Å². The van der Waals surface area contributed by atoms with Gasteiger partial charge in [0.15, 0.2) is 0 Å². The van der Waals surface area contributed by atoms with Crippen LogP contribution >= 0.6 is 0 Å². The summed E-state index contributed by atoms with van der Waals surface area (Å²) in [7, 11) is 0. The predicted octanol–water partition coefficient (Wildman–Crippen LogP) is 3.82. The minimum atomic E-state index is -4.72. The van der Waals surface area contributed by atoms with Crippen LogP contribution in [0.3, 0.4) is 0 Å². The molecule has 1 saturated heterocycles. The van der Waals surface area contributed by atoms with Crippen molar-refractivity contribution in [2.45, 2.75) is 26.1 Å². The molecule has 1 aliphatic heterocycles. The molecule has 0 unspecified atom stereocenters. The molecule has 7 nitrogen and oxygen atoms in total. The predicted molar refractivity (Wildman–Crippen MR) is 119 cm³/mol. The summed E-state index contributed by atoms with van der Waals surface area (Å²) in [4.78, 5) is 23.9. The van der Waals surface area contributed by atoms with Crippen molar-refractivity contribution in [1.29, 1.82) is 0 Å². The number of benzene rings is 2. The second-order valence-corrected chi connectivity index (χ2v) is 7.82. The van der Waals surface area contributed by atoms with Gasteiger partial charge in [-0.2, -0.15) is 0 Å². The largest absolute Gasteiger partial charge is 0.573 e. The van der Waals surface area contributed by atoms with Gasteiger partial charge in [0.2, 0.25) is 11.9 Å². The van der Waals surface area contributed by atoms with Gasteiger partial charge in [-0.05, 0) is 49.2 Å². The Hall–Kier alpha value is -3.40. The maximum Gasteiger partial charge on any atom is 0.573 e. The molecule has 3 aromatic rings.